The third kappa shape index (κ3) is 3.31. The third-order valence-electron chi connectivity index (χ3n) is 4.90. The Labute approximate surface area is 157 Å². The predicted molar refractivity (Wildman–Crippen MR) is 108 cm³/mol. The minimum atomic E-state index is -0.448. The van der Waals surface area contributed by atoms with Crippen molar-refractivity contribution in [3.63, 3.8) is 0 Å². The smallest absolute Gasteiger partial charge is 0.271 e. The molecule has 5 nitrogen and oxygen atoms in total. The van der Waals surface area contributed by atoms with Gasteiger partial charge in [-0.15, -0.1) is 0 Å². The van der Waals surface area contributed by atoms with Gasteiger partial charge in [-0.1, -0.05) is 60.7 Å². The molecular formula is C22H19N3O2. The van der Waals surface area contributed by atoms with Crippen LogP contribution in [0.15, 0.2) is 83.9 Å². The molecule has 0 radical (unpaired) electrons. The van der Waals surface area contributed by atoms with Gasteiger partial charge in [0.2, 0.25) is 0 Å². The maximum atomic E-state index is 11.2. The molecule has 0 amide bonds. The quantitative estimate of drug-likeness (QED) is 0.501. The molecule has 0 fully saturated rings. The molecule has 1 aliphatic rings. The molecular weight excluding hydrogens is 338 g/mol. The van der Waals surface area contributed by atoms with Crippen LogP contribution in [0.4, 0.5) is 17.1 Å². The Bertz CT molecular complexity index is 1020. The van der Waals surface area contributed by atoms with Crippen LogP contribution in [0.25, 0.3) is 0 Å². The molecule has 134 valence electrons. The second-order valence-electron chi connectivity index (χ2n) is 6.88. The minimum Gasteiger partial charge on any atom is -0.373 e. The fourth-order valence-electron chi connectivity index (χ4n) is 3.47. The number of nitro groups is 1. The van der Waals surface area contributed by atoms with E-state index in [4.69, 9.17) is 4.99 Å². The summed E-state index contributed by atoms with van der Waals surface area (Å²) in [6, 6.07) is 24.9. The van der Waals surface area contributed by atoms with Crippen molar-refractivity contribution < 1.29 is 4.92 Å². The van der Waals surface area contributed by atoms with Crippen LogP contribution in [-0.4, -0.2) is 10.6 Å². The number of nitro benzene ring substituents is 1. The first-order chi connectivity index (χ1) is 13.0. The highest BCUT2D eigenvalue weighted by atomic mass is 16.6. The monoisotopic (exact) mass is 357 g/mol. The number of hydrogen-bond donors (Lipinski definition) is 1. The summed E-state index contributed by atoms with van der Waals surface area (Å²) in [4.78, 5) is 15.7. The number of nitrogens with zero attached hydrogens (tertiary/aromatic N) is 2. The highest BCUT2D eigenvalue weighted by Gasteiger charge is 2.32. The van der Waals surface area contributed by atoms with Crippen molar-refractivity contribution >= 4 is 22.8 Å². The summed E-state index contributed by atoms with van der Waals surface area (Å²) in [6.45, 7) is 2.11. The van der Waals surface area contributed by atoms with E-state index in [0.29, 0.717) is 17.8 Å². The Hall–Kier alpha value is -3.47. The lowest BCUT2D eigenvalue weighted by Crippen LogP contribution is -2.33. The van der Waals surface area contributed by atoms with Gasteiger partial charge in [0, 0.05) is 18.6 Å². The van der Waals surface area contributed by atoms with Crippen LogP contribution in [0.2, 0.25) is 0 Å². The van der Waals surface area contributed by atoms with Gasteiger partial charge in [0.25, 0.3) is 5.69 Å². The second kappa shape index (κ2) is 6.68. The van der Waals surface area contributed by atoms with Gasteiger partial charge in [-0.25, -0.2) is 0 Å². The lowest BCUT2D eigenvalue weighted by atomic mass is 9.85. The predicted octanol–water partition coefficient (Wildman–Crippen LogP) is 5.45. The Balaban J connectivity index is 1.89. The van der Waals surface area contributed by atoms with Crippen LogP contribution in [0.3, 0.4) is 0 Å². The number of fused-ring (bicyclic) bond motifs is 1. The van der Waals surface area contributed by atoms with Crippen LogP contribution < -0.4 is 5.32 Å². The van der Waals surface area contributed by atoms with Crippen LogP contribution in [0.5, 0.6) is 0 Å². The lowest BCUT2D eigenvalue weighted by molar-refractivity contribution is -0.384. The Morgan fingerprint density at radius 3 is 2.33 bits per heavy atom. The SMILES string of the molecule is CC1(c2ccccc2)CC(c2ccccc2)=Nc2ccc([N+](=O)[O-])cc2N1. The summed E-state index contributed by atoms with van der Waals surface area (Å²) in [7, 11) is 0. The topological polar surface area (TPSA) is 67.5 Å². The number of hydrogen-bond acceptors (Lipinski definition) is 4. The molecule has 0 bridgehead atoms. The normalized spacial score (nSPS) is 18.6. The van der Waals surface area contributed by atoms with E-state index in [1.807, 2.05) is 48.5 Å². The number of rotatable bonds is 3. The number of nitrogens with one attached hydrogen (secondary N) is 1. The zero-order chi connectivity index (χ0) is 18.9. The minimum absolute atomic E-state index is 0.0509. The molecule has 3 aromatic rings. The molecule has 0 aliphatic carbocycles. The van der Waals surface area contributed by atoms with E-state index in [1.165, 1.54) is 6.07 Å². The van der Waals surface area contributed by atoms with Crippen molar-refractivity contribution in [2.45, 2.75) is 18.9 Å². The van der Waals surface area contributed by atoms with Crippen molar-refractivity contribution in [2.24, 2.45) is 4.99 Å². The summed E-state index contributed by atoms with van der Waals surface area (Å²) < 4.78 is 0. The molecule has 5 heteroatoms. The van der Waals surface area contributed by atoms with E-state index < -0.39 is 5.54 Å². The second-order valence-corrected chi connectivity index (χ2v) is 6.88. The average molecular weight is 357 g/mol. The molecule has 3 aromatic carbocycles. The first kappa shape index (κ1) is 17.0. The summed E-state index contributed by atoms with van der Waals surface area (Å²) in [5, 5.41) is 14.8. The van der Waals surface area contributed by atoms with Crippen LogP contribution in [0.1, 0.15) is 24.5 Å². The summed E-state index contributed by atoms with van der Waals surface area (Å²) in [5.74, 6) is 0. The summed E-state index contributed by atoms with van der Waals surface area (Å²) in [6.07, 6.45) is 0.656. The van der Waals surface area contributed by atoms with Gasteiger partial charge in [0.15, 0.2) is 0 Å². The fourth-order valence-corrected chi connectivity index (χ4v) is 3.47. The van der Waals surface area contributed by atoms with Gasteiger partial charge in [-0.2, -0.15) is 0 Å². The Morgan fingerprint density at radius 1 is 1.00 bits per heavy atom. The van der Waals surface area contributed by atoms with Crippen molar-refractivity contribution in [1.82, 2.24) is 0 Å². The average Bonchev–Trinajstić information content (AvgIpc) is 2.85. The molecule has 1 atom stereocenters. The van der Waals surface area contributed by atoms with Gasteiger partial charge in [-0.05, 0) is 24.1 Å². The van der Waals surface area contributed by atoms with E-state index in [0.717, 1.165) is 16.8 Å². The summed E-state index contributed by atoms with van der Waals surface area (Å²) >= 11 is 0. The maximum Gasteiger partial charge on any atom is 0.271 e. The molecule has 1 aliphatic heterocycles. The van der Waals surface area contributed by atoms with E-state index in [2.05, 4.69) is 24.4 Å². The first-order valence-corrected chi connectivity index (χ1v) is 8.80. The molecule has 0 saturated carbocycles. The zero-order valence-corrected chi connectivity index (χ0v) is 14.9. The molecule has 1 unspecified atom stereocenters. The lowest BCUT2D eigenvalue weighted by Gasteiger charge is -2.32. The van der Waals surface area contributed by atoms with Crippen LogP contribution >= 0.6 is 0 Å². The highest BCUT2D eigenvalue weighted by Crippen LogP contribution is 2.40. The van der Waals surface area contributed by atoms with Crippen molar-refractivity contribution in [3.05, 3.63) is 100 Å². The van der Waals surface area contributed by atoms with Gasteiger partial charge < -0.3 is 5.32 Å². The van der Waals surface area contributed by atoms with Gasteiger partial charge in [0.05, 0.1) is 27.5 Å². The largest absolute Gasteiger partial charge is 0.373 e. The number of aliphatic imine (C=N–C) groups is 1. The van der Waals surface area contributed by atoms with E-state index >= 15 is 0 Å². The van der Waals surface area contributed by atoms with Crippen molar-refractivity contribution in [2.75, 3.05) is 5.32 Å². The Morgan fingerprint density at radius 2 is 1.67 bits per heavy atom. The fraction of sp³-hybridized carbons (Fsp3) is 0.136. The maximum absolute atomic E-state index is 11.2. The molecule has 0 saturated heterocycles. The van der Waals surface area contributed by atoms with E-state index in [1.54, 1.807) is 12.1 Å². The van der Waals surface area contributed by atoms with E-state index in [9.17, 15) is 10.1 Å². The molecule has 4 rings (SSSR count). The third-order valence-corrected chi connectivity index (χ3v) is 4.90. The molecule has 0 aromatic heterocycles. The van der Waals surface area contributed by atoms with Crippen molar-refractivity contribution in [3.8, 4) is 0 Å². The zero-order valence-electron chi connectivity index (χ0n) is 14.9. The standard InChI is InChI=1S/C22H19N3O2/c1-22(17-10-6-3-7-11-17)15-21(16-8-4-2-5-9-16)23-19-13-12-18(25(26)27)14-20(19)24-22/h2-14,24H,15H2,1H3. The first-order valence-electron chi connectivity index (χ1n) is 8.80. The van der Waals surface area contributed by atoms with Gasteiger partial charge in [0.1, 0.15) is 0 Å². The highest BCUT2D eigenvalue weighted by molar-refractivity contribution is 6.04. The van der Waals surface area contributed by atoms with Gasteiger partial charge >= 0.3 is 0 Å². The van der Waals surface area contributed by atoms with Gasteiger partial charge in [-0.3, -0.25) is 15.1 Å². The Kier molecular flexibility index (Phi) is 4.20. The number of anilines is 1. The summed E-state index contributed by atoms with van der Waals surface area (Å²) in [5.41, 5.74) is 4.08. The van der Waals surface area contributed by atoms with Crippen LogP contribution in [-0.2, 0) is 5.54 Å². The molecule has 1 N–H and O–H groups in total. The van der Waals surface area contributed by atoms with E-state index in [-0.39, 0.29) is 10.6 Å². The molecule has 1 heterocycles. The molecule has 27 heavy (non-hydrogen) atoms. The number of benzene rings is 3. The molecule has 0 spiro atoms. The van der Waals surface area contributed by atoms with Crippen LogP contribution in [0, 0.1) is 10.1 Å². The number of non-ortho nitro benzene ring substituents is 1. The van der Waals surface area contributed by atoms with Crippen molar-refractivity contribution in [1.29, 1.82) is 0 Å².